The summed E-state index contributed by atoms with van der Waals surface area (Å²) < 4.78 is 6.78. The first-order valence-electron chi connectivity index (χ1n) is 5.61. The van der Waals surface area contributed by atoms with Crippen molar-refractivity contribution in [3.05, 3.63) is 58.1 Å². The van der Waals surface area contributed by atoms with Crippen LogP contribution < -0.4 is 4.74 Å². The molecule has 92 valence electrons. The molecule has 0 saturated heterocycles. The van der Waals surface area contributed by atoms with Gasteiger partial charge in [0.05, 0.1) is 0 Å². The standard InChI is InChI=1S/C15H13BrO2/c1-10-8-14(6-7-15(10)16)18-13-5-3-4-12(9-13)11(2)17/h3-9H,1-2H3. The minimum absolute atomic E-state index is 0.0347. The Labute approximate surface area is 115 Å². The van der Waals surface area contributed by atoms with Crippen LogP contribution in [0.2, 0.25) is 0 Å². The Morgan fingerprint density at radius 3 is 2.50 bits per heavy atom. The molecule has 0 unspecified atom stereocenters. The maximum absolute atomic E-state index is 11.3. The molecule has 0 aliphatic heterocycles. The van der Waals surface area contributed by atoms with Crippen molar-refractivity contribution in [2.45, 2.75) is 13.8 Å². The van der Waals surface area contributed by atoms with E-state index in [0.29, 0.717) is 11.3 Å². The van der Waals surface area contributed by atoms with E-state index >= 15 is 0 Å². The third-order valence-corrected chi connectivity index (χ3v) is 3.50. The van der Waals surface area contributed by atoms with Gasteiger partial charge in [-0.1, -0.05) is 28.1 Å². The van der Waals surface area contributed by atoms with E-state index in [1.54, 1.807) is 19.1 Å². The summed E-state index contributed by atoms with van der Waals surface area (Å²) in [4.78, 5) is 11.3. The fourth-order valence-corrected chi connectivity index (χ4v) is 1.84. The van der Waals surface area contributed by atoms with Gasteiger partial charge in [0.25, 0.3) is 0 Å². The van der Waals surface area contributed by atoms with Crippen LogP contribution in [0.25, 0.3) is 0 Å². The molecule has 0 aliphatic rings. The first-order chi connectivity index (χ1) is 8.56. The minimum atomic E-state index is 0.0347. The molecule has 0 aromatic heterocycles. The Kier molecular flexibility index (Phi) is 3.82. The molecule has 0 spiro atoms. The van der Waals surface area contributed by atoms with Crippen LogP contribution in [-0.4, -0.2) is 5.78 Å². The van der Waals surface area contributed by atoms with E-state index < -0.39 is 0 Å². The van der Waals surface area contributed by atoms with Crippen LogP contribution >= 0.6 is 15.9 Å². The number of Topliss-reactive ketones (excluding diaryl/α,β-unsaturated/α-hetero) is 1. The molecule has 0 amide bonds. The summed E-state index contributed by atoms with van der Waals surface area (Å²) in [7, 11) is 0. The van der Waals surface area contributed by atoms with Crippen LogP contribution in [0.1, 0.15) is 22.8 Å². The Balaban J connectivity index is 2.25. The van der Waals surface area contributed by atoms with Gasteiger partial charge in [0.15, 0.2) is 5.78 Å². The molecule has 0 atom stereocenters. The molecular formula is C15H13BrO2. The number of aryl methyl sites for hydroxylation is 1. The van der Waals surface area contributed by atoms with Crippen LogP contribution in [0.15, 0.2) is 46.9 Å². The zero-order chi connectivity index (χ0) is 13.1. The largest absolute Gasteiger partial charge is 0.457 e. The molecule has 0 heterocycles. The van der Waals surface area contributed by atoms with Crippen LogP contribution in [0.5, 0.6) is 11.5 Å². The number of hydrogen-bond donors (Lipinski definition) is 0. The second-order valence-corrected chi connectivity index (χ2v) is 4.95. The molecule has 18 heavy (non-hydrogen) atoms. The highest BCUT2D eigenvalue weighted by molar-refractivity contribution is 9.10. The lowest BCUT2D eigenvalue weighted by Gasteiger charge is -2.08. The number of carbonyl (C=O) groups excluding carboxylic acids is 1. The van der Waals surface area contributed by atoms with Crippen LogP contribution in [0.3, 0.4) is 0 Å². The molecule has 0 N–H and O–H groups in total. The average molecular weight is 305 g/mol. The molecule has 0 fully saturated rings. The summed E-state index contributed by atoms with van der Waals surface area (Å²) in [5.41, 5.74) is 1.76. The lowest BCUT2D eigenvalue weighted by atomic mass is 10.1. The van der Waals surface area contributed by atoms with Gasteiger partial charge in [0, 0.05) is 10.0 Å². The van der Waals surface area contributed by atoms with E-state index in [-0.39, 0.29) is 5.78 Å². The zero-order valence-corrected chi connectivity index (χ0v) is 11.8. The highest BCUT2D eigenvalue weighted by Gasteiger charge is 2.03. The third-order valence-electron chi connectivity index (χ3n) is 2.61. The molecule has 2 aromatic carbocycles. The fraction of sp³-hybridized carbons (Fsp3) is 0.133. The summed E-state index contributed by atoms with van der Waals surface area (Å²) in [6, 6.07) is 13.0. The number of hydrogen-bond acceptors (Lipinski definition) is 2. The van der Waals surface area contributed by atoms with Gasteiger partial charge < -0.3 is 4.74 Å². The van der Waals surface area contributed by atoms with Crippen molar-refractivity contribution in [1.82, 2.24) is 0 Å². The van der Waals surface area contributed by atoms with Crippen LogP contribution in [0, 0.1) is 6.92 Å². The molecule has 0 bridgehead atoms. The quantitative estimate of drug-likeness (QED) is 0.765. The zero-order valence-electron chi connectivity index (χ0n) is 10.2. The second-order valence-electron chi connectivity index (χ2n) is 4.10. The van der Waals surface area contributed by atoms with Gasteiger partial charge >= 0.3 is 0 Å². The molecule has 0 radical (unpaired) electrons. The van der Waals surface area contributed by atoms with Gasteiger partial charge in [0.2, 0.25) is 0 Å². The number of ketones is 1. The Morgan fingerprint density at radius 2 is 1.83 bits per heavy atom. The second kappa shape index (κ2) is 5.36. The molecule has 2 aromatic rings. The number of carbonyl (C=O) groups is 1. The van der Waals surface area contributed by atoms with Gasteiger partial charge in [-0.3, -0.25) is 4.79 Å². The highest BCUT2D eigenvalue weighted by Crippen LogP contribution is 2.26. The van der Waals surface area contributed by atoms with E-state index in [4.69, 9.17) is 4.74 Å². The molecule has 2 rings (SSSR count). The van der Waals surface area contributed by atoms with Gasteiger partial charge in [0.1, 0.15) is 11.5 Å². The number of halogens is 1. The van der Waals surface area contributed by atoms with Crippen molar-refractivity contribution in [2.24, 2.45) is 0 Å². The number of ether oxygens (including phenoxy) is 1. The first kappa shape index (κ1) is 12.8. The Hall–Kier alpha value is -1.61. The Morgan fingerprint density at radius 1 is 1.11 bits per heavy atom. The summed E-state index contributed by atoms with van der Waals surface area (Å²) >= 11 is 3.45. The van der Waals surface area contributed by atoms with Crippen molar-refractivity contribution >= 4 is 21.7 Å². The van der Waals surface area contributed by atoms with Crippen LogP contribution in [0.4, 0.5) is 0 Å². The number of benzene rings is 2. The van der Waals surface area contributed by atoms with E-state index in [0.717, 1.165) is 15.8 Å². The summed E-state index contributed by atoms with van der Waals surface area (Å²) in [5, 5.41) is 0. The van der Waals surface area contributed by atoms with E-state index in [2.05, 4.69) is 15.9 Å². The molecule has 0 saturated carbocycles. The predicted octanol–water partition coefficient (Wildman–Crippen LogP) is 4.75. The van der Waals surface area contributed by atoms with Crippen molar-refractivity contribution in [3.8, 4) is 11.5 Å². The highest BCUT2D eigenvalue weighted by atomic mass is 79.9. The molecule has 0 aliphatic carbocycles. The third kappa shape index (κ3) is 2.99. The minimum Gasteiger partial charge on any atom is -0.457 e. The van der Waals surface area contributed by atoms with Crippen molar-refractivity contribution in [2.75, 3.05) is 0 Å². The SMILES string of the molecule is CC(=O)c1cccc(Oc2ccc(Br)c(C)c2)c1. The van der Waals surface area contributed by atoms with Crippen molar-refractivity contribution in [3.63, 3.8) is 0 Å². The molecule has 2 nitrogen and oxygen atoms in total. The van der Waals surface area contributed by atoms with Gasteiger partial charge in [-0.15, -0.1) is 0 Å². The van der Waals surface area contributed by atoms with E-state index in [1.807, 2.05) is 37.3 Å². The van der Waals surface area contributed by atoms with Crippen molar-refractivity contribution in [1.29, 1.82) is 0 Å². The lowest BCUT2D eigenvalue weighted by molar-refractivity contribution is 0.101. The van der Waals surface area contributed by atoms with E-state index in [9.17, 15) is 4.79 Å². The lowest BCUT2D eigenvalue weighted by Crippen LogP contribution is -1.92. The maximum atomic E-state index is 11.3. The maximum Gasteiger partial charge on any atom is 0.159 e. The fourth-order valence-electron chi connectivity index (χ4n) is 1.60. The van der Waals surface area contributed by atoms with Gasteiger partial charge in [-0.2, -0.15) is 0 Å². The average Bonchev–Trinajstić information content (AvgIpc) is 2.34. The Bertz CT molecular complexity index is 591. The summed E-state index contributed by atoms with van der Waals surface area (Å²) in [6.45, 7) is 3.55. The summed E-state index contributed by atoms with van der Waals surface area (Å²) in [5.74, 6) is 1.47. The van der Waals surface area contributed by atoms with Crippen molar-refractivity contribution < 1.29 is 9.53 Å². The van der Waals surface area contributed by atoms with E-state index in [1.165, 1.54) is 0 Å². The molecular weight excluding hydrogens is 292 g/mol. The smallest absolute Gasteiger partial charge is 0.159 e. The predicted molar refractivity (Wildman–Crippen MR) is 75.4 cm³/mol. The van der Waals surface area contributed by atoms with Gasteiger partial charge in [-0.25, -0.2) is 0 Å². The van der Waals surface area contributed by atoms with Gasteiger partial charge in [-0.05, 0) is 49.7 Å². The summed E-state index contributed by atoms with van der Waals surface area (Å²) in [6.07, 6.45) is 0. The first-order valence-corrected chi connectivity index (χ1v) is 6.40. The number of rotatable bonds is 3. The van der Waals surface area contributed by atoms with Crippen LogP contribution in [-0.2, 0) is 0 Å². The topological polar surface area (TPSA) is 26.3 Å². The monoisotopic (exact) mass is 304 g/mol. The normalized spacial score (nSPS) is 10.2. The molecule has 3 heteroatoms.